The minimum Gasteiger partial charge on any atom is -0.497 e. The average Bonchev–Trinajstić information content (AvgIpc) is 3.13. The lowest BCUT2D eigenvalue weighted by Gasteiger charge is -2.35. The van der Waals surface area contributed by atoms with E-state index in [1.165, 1.54) is 7.11 Å². The molecule has 0 N–H and O–H groups in total. The third-order valence-corrected chi connectivity index (χ3v) is 5.35. The molecular formula is C20H24BrN3O4. The molecule has 1 saturated heterocycles. The van der Waals surface area contributed by atoms with Gasteiger partial charge in [-0.3, -0.25) is 9.59 Å². The molecule has 0 radical (unpaired) electrons. The van der Waals surface area contributed by atoms with Crippen molar-refractivity contribution >= 4 is 27.7 Å². The number of rotatable bonds is 5. The minimum atomic E-state index is -0.105. The molecule has 1 aliphatic heterocycles. The van der Waals surface area contributed by atoms with Gasteiger partial charge >= 0.3 is 0 Å². The van der Waals surface area contributed by atoms with Gasteiger partial charge in [0.1, 0.15) is 17.2 Å². The Bertz CT molecular complexity index is 872. The van der Waals surface area contributed by atoms with Crippen LogP contribution in [0.25, 0.3) is 0 Å². The maximum absolute atomic E-state index is 12.9. The number of nitrogens with zero attached hydrogens (tertiary/aromatic N) is 3. The number of hydrogen-bond acceptors (Lipinski definition) is 4. The number of benzene rings is 1. The molecular weight excluding hydrogens is 426 g/mol. The molecule has 2 aromatic rings. The third-order valence-electron chi connectivity index (χ3n) is 4.92. The molecule has 150 valence electrons. The monoisotopic (exact) mass is 449 g/mol. The fraction of sp³-hybridized carbons (Fsp3) is 0.400. The van der Waals surface area contributed by atoms with E-state index in [0.717, 1.165) is 11.0 Å². The van der Waals surface area contributed by atoms with Crippen LogP contribution in [0.4, 0.5) is 0 Å². The van der Waals surface area contributed by atoms with E-state index in [4.69, 9.17) is 9.47 Å². The van der Waals surface area contributed by atoms with E-state index in [0.29, 0.717) is 48.9 Å². The number of carbonyl (C=O) groups is 2. The van der Waals surface area contributed by atoms with E-state index in [1.807, 2.05) is 23.8 Å². The van der Waals surface area contributed by atoms with Crippen molar-refractivity contribution in [2.24, 2.45) is 0 Å². The van der Waals surface area contributed by atoms with E-state index in [2.05, 4.69) is 15.9 Å². The molecule has 0 spiro atoms. The molecule has 2 amide bonds. The molecule has 7 nitrogen and oxygen atoms in total. The maximum atomic E-state index is 12.9. The van der Waals surface area contributed by atoms with E-state index < -0.39 is 0 Å². The molecule has 0 atom stereocenters. The number of ether oxygens (including phenoxy) is 2. The number of halogens is 1. The van der Waals surface area contributed by atoms with Gasteiger partial charge in [-0.05, 0) is 41.1 Å². The van der Waals surface area contributed by atoms with Crippen LogP contribution in [0.2, 0.25) is 0 Å². The summed E-state index contributed by atoms with van der Waals surface area (Å²) in [6.45, 7) is 4.68. The predicted octanol–water partition coefficient (Wildman–Crippen LogP) is 2.89. The Morgan fingerprint density at radius 1 is 1.00 bits per heavy atom. The van der Waals surface area contributed by atoms with Crippen LogP contribution in [0.1, 0.15) is 27.8 Å². The minimum absolute atomic E-state index is 0.0123. The molecule has 3 rings (SSSR count). The van der Waals surface area contributed by atoms with Gasteiger partial charge in [-0.2, -0.15) is 0 Å². The van der Waals surface area contributed by atoms with Crippen LogP contribution in [0.3, 0.4) is 0 Å². The summed E-state index contributed by atoms with van der Waals surface area (Å²) in [5.41, 5.74) is 1.15. The van der Waals surface area contributed by atoms with Crippen molar-refractivity contribution in [3.63, 3.8) is 0 Å². The SMILES string of the molecule is CCn1cc(Br)cc1C(=O)N1CCN(C(=O)c2ccc(OC)cc2OC)CC1. The highest BCUT2D eigenvalue weighted by Gasteiger charge is 2.28. The molecule has 0 unspecified atom stereocenters. The summed E-state index contributed by atoms with van der Waals surface area (Å²) in [7, 11) is 3.10. The predicted molar refractivity (Wildman–Crippen MR) is 109 cm³/mol. The van der Waals surface area contributed by atoms with Crippen molar-refractivity contribution < 1.29 is 19.1 Å². The first-order valence-electron chi connectivity index (χ1n) is 9.14. The second kappa shape index (κ2) is 8.68. The van der Waals surface area contributed by atoms with Crippen LogP contribution >= 0.6 is 15.9 Å². The Morgan fingerprint density at radius 3 is 2.21 bits per heavy atom. The summed E-state index contributed by atoms with van der Waals surface area (Å²) < 4.78 is 13.3. The molecule has 8 heteroatoms. The zero-order valence-corrected chi connectivity index (χ0v) is 17.9. The van der Waals surface area contributed by atoms with Crippen molar-refractivity contribution in [2.45, 2.75) is 13.5 Å². The summed E-state index contributed by atoms with van der Waals surface area (Å²) in [4.78, 5) is 29.3. The van der Waals surface area contributed by atoms with Gasteiger partial charge in [0, 0.05) is 49.5 Å². The van der Waals surface area contributed by atoms with Gasteiger partial charge in [-0.15, -0.1) is 0 Å². The van der Waals surface area contributed by atoms with Gasteiger partial charge in [0.05, 0.1) is 19.8 Å². The van der Waals surface area contributed by atoms with E-state index in [-0.39, 0.29) is 11.8 Å². The Kier molecular flexibility index (Phi) is 6.28. The van der Waals surface area contributed by atoms with Crippen LogP contribution in [-0.4, -0.2) is 66.6 Å². The summed E-state index contributed by atoms with van der Waals surface area (Å²) in [6.07, 6.45) is 1.91. The largest absolute Gasteiger partial charge is 0.497 e. The standard InChI is InChI=1S/C20H24BrN3O4/c1-4-22-13-14(21)11-17(22)20(26)24-9-7-23(8-10-24)19(25)16-6-5-15(27-2)12-18(16)28-3/h5-6,11-13H,4,7-10H2,1-3H3. The Labute approximate surface area is 172 Å². The molecule has 1 fully saturated rings. The van der Waals surface area contributed by atoms with Crippen LogP contribution < -0.4 is 9.47 Å². The molecule has 28 heavy (non-hydrogen) atoms. The van der Waals surface area contributed by atoms with Crippen molar-refractivity contribution in [1.29, 1.82) is 0 Å². The zero-order chi connectivity index (χ0) is 20.3. The summed E-state index contributed by atoms with van der Waals surface area (Å²) in [5, 5.41) is 0. The topological polar surface area (TPSA) is 64.0 Å². The lowest BCUT2D eigenvalue weighted by molar-refractivity contribution is 0.0528. The van der Waals surface area contributed by atoms with Gasteiger partial charge in [-0.25, -0.2) is 0 Å². The number of methoxy groups -OCH3 is 2. The first-order chi connectivity index (χ1) is 13.5. The quantitative estimate of drug-likeness (QED) is 0.703. The normalized spacial score (nSPS) is 14.1. The molecule has 1 aromatic heterocycles. The molecule has 1 aliphatic rings. The fourth-order valence-electron chi connectivity index (χ4n) is 3.34. The zero-order valence-electron chi connectivity index (χ0n) is 16.3. The summed E-state index contributed by atoms with van der Waals surface area (Å²) >= 11 is 3.43. The first-order valence-corrected chi connectivity index (χ1v) is 9.94. The second-order valence-corrected chi connectivity index (χ2v) is 7.40. The molecule has 2 heterocycles. The van der Waals surface area contributed by atoms with Gasteiger partial charge in [0.15, 0.2) is 0 Å². The van der Waals surface area contributed by atoms with Crippen LogP contribution in [0.5, 0.6) is 11.5 Å². The molecule has 0 aliphatic carbocycles. The van der Waals surface area contributed by atoms with E-state index in [9.17, 15) is 9.59 Å². The number of aromatic nitrogens is 1. The number of amides is 2. The third kappa shape index (κ3) is 4.01. The number of aryl methyl sites for hydroxylation is 1. The smallest absolute Gasteiger partial charge is 0.270 e. The van der Waals surface area contributed by atoms with Crippen molar-refractivity contribution in [2.75, 3.05) is 40.4 Å². The number of piperazine rings is 1. The molecule has 0 saturated carbocycles. The summed E-state index contributed by atoms with van der Waals surface area (Å²) in [5.74, 6) is 0.996. The van der Waals surface area contributed by atoms with Gasteiger partial charge in [0.2, 0.25) is 0 Å². The van der Waals surface area contributed by atoms with Crippen molar-refractivity contribution in [3.8, 4) is 11.5 Å². The Balaban J connectivity index is 1.68. The van der Waals surface area contributed by atoms with Crippen LogP contribution in [-0.2, 0) is 6.54 Å². The van der Waals surface area contributed by atoms with Gasteiger partial charge in [-0.1, -0.05) is 0 Å². The fourth-order valence-corrected chi connectivity index (χ4v) is 3.80. The van der Waals surface area contributed by atoms with Crippen molar-refractivity contribution in [1.82, 2.24) is 14.4 Å². The van der Waals surface area contributed by atoms with E-state index >= 15 is 0 Å². The van der Waals surface area contributed by atoms with E-state index in [1.54, 1.807) is 35.1 Å². The van der Waals surface area contributed by atoms with Crippen LogP contribution in [0, 0.1) is 0 Å². The lowest BCUT2D eigenvalue weighted by atomic mass is 10.1. The Morgan fingerprint density at radius 2 is 1.64 bits per heavy atom. The number of hydrogen-bond donors (Lipinski definition) is 0. The number of carbonyl (C=O) groups excluding carboxylic acids is 2. The summed E-state index contributed by atoms with van der Waals surface area (Å²) in [6, 6.07) is 6.99. The average molecular weight is 450 g/mol. The molecule has 0 bridgehead atoms. The molecule has 1 aromatic carbocycles. The highest BCUT2D eigenvalue weighted by molar-refractivity contribution is 9.10. The van der Waals surface area contributed by atoms with Crippen LogP contribution in [0.15, 0.2) is 34.9 Å². The van der Waals surface area contributed by atoms with Gasteiger partial charge in [0.25, 0.3) is 11.8 Å². The Hall–Kier alpha value is -2.48. The lowest BCUT2D eigenvalue weighted by Crippen LogP contribution is -2.50. The van der Waals surface area contributed by atoms with Gasteiger partial charge < -0.3 is 23.8 Å². The highest BCUT2D eigenvalue weighted by Crippen LogP contribution is 2.26. The second-order valence-electron chi connectivity index (χ2n) is 6.48. The van der Waals surface area contributed by atoms with Crippen molar-refractivity contribution in [3.05, 3.63) is 46.2 Å². The maximum Gasteiger partial charge on any atom is 0.270 e. The highest BCUT2D eigenvalue weighted by atomic mass is 79.9. The first kappa shape index (κ1) is 20.3.